The van der Waals surface area contributed by atoms with Crippen LogP contribution >= 0.6 is 0 Å². The van der Waals surface area contributed by atoms with Gasteiger partial charge in [-0.25, -0.2) is 0 Å². The average Bonchev–Trinajstić information content (AvgIpc) is 2.27. The van der Waals surface area contributed by atoms with Crippen molar-refractivity contribution < 1.29 is 4.74 Å². The molecule has 0 aliphatic heterocycles. The van der Waals surface area contributed by atoms with Crippen molar-refractivity contribution in [2.45, 2.75) is 33.0 Å². The van der Waals surface area contributed by atoms with Crippen molar-refractivity contribution in [1.82, 2.24) is 9.78 Å². The van der Waals surface area contributed by atoms with Crippen LogP contribution in [0.3, 0.4) is 0 Å². The summed E-state index contributed by atoms with van der Waals surface area (Å²) < 4.78 is 7.19. The molecular formula is C9H17N3O. The van der Waals surface area contributed by atoms with E-state index in [4.69, 9.17) is 10.5 Å². The van der Waals surface area contributed by atoms with Crippen LogP contribution < -0.4 is 5.73 Å². The number of anilines is 1. The number of hydrogen-bond acceptors (Lipinski definition) is 3. The highest BCUT2D eigenvalue weighted by Gasteiger charge is 2.11. The van der Waals surface area contributed by atoms with Crippen LogP contribution in [0.2, 0.25) is 0 Å². The zero-order valence-corrected chi connectivity index (χ0v) is 8.66. The lowest BCUT2D eigenvalue weighted by atomic mass is 10.2. The van der Waals surface area contributed by atoms with E-state index in [2.05, 4.69) is 5.10 Å². The largest absolute Gasteiger partial charge is 0.384 e. The number of nitrogens with two attached hydrogens (primary N) is 1. The van der Waals surface area contributed by atoms with Gasteiger partial charge in [0.25, 0.3) is 0 Å². The SMILES string of the molecule is Cn1nc(COC(C)(C)C)cc1N. The zero-order chi connectivity index (χ0) is 10.1. The summed E-state index contributed by atoms with van der Waals surface area (Å²) in [7, 11) is 1.82. The van der Waals surface area contributed by atoms with E-state index in [0.29, 0.717) is 12.4 Å². The molecule has 4 nitrogen and oxygen atoms in total. The highest BCUT2D eigenvalue weighted by atomic mass is 16.5. The van der Waals surface area contributed by atoms with E-state index in [0.717, 1.165) is 5.69 Å². The Morgan fingerprint density at radius 2 is 2.15 bits per heavy atom. The topological polar surface area (TPSA) is 53.1 Å². The minimum absolute atomic E-state index is 0.133. The van der Waals surface area contributed by atoms with Gasteiger partial charge in [0, 0.05) is 13.1 Å². The summed E-state index contributed by atoms with van der Waals surface area (Å²) in [5, 5.41) is 4.18. The Bertz CT molecular complexity index is 266. The standard InChI is InChI=1S/C9H17N3O/c1-9(2,3)13-6-7-5-8(10)12(4)11-7/h5H,6,10H2,1-4H3. The summed E-state index contributed by atoms with van der Waals surface area (Å²) in [6, 6.07) is 1.83. The average molecular weight is 183 g/mol. The van der Waals surface area contributed by atoms with Gasteiger partial charge in [0.05, 0.1) is 17.9 Å². The summed E-state index contributed by atoms with van der Waals surface area (Å²) in [4.78, 5) is 0. The maximum Gasteiger partial charge on any atom is 0.121 e. The molecule has 0 unspecified atom stereocenters. The first-order valence-corrected chi connectivity index (χ1v) is 4.31. The van der Waals surface area contributed by atoms with Gasteiger partial charge in [-0.15, -0.1) is 0 Å². The molecule has 0 spiro atoms. The van der Waals surface area contributed by atoms with E-state index < -0.39 is 0 Å². The first-order valence-electron chi connectivity index (χ1n) is 4.31. The molecule has 2 N–H and O–H groups in total. The van der Waals surface area contributed by atoms with Gasteiger partial charge >= 0.3 is 0 Å². The Morgan fingerprint density at radius 1 is 1.54 bits per heavy atom. The van der Waals surface area contributed by atoms with Crippen molar-refractivity contribution in [3.8, 4) is 0 Å². The fourth-order valence-electron chi connectivity index (χ4n) is 0.904. The first kappa shape index (κ1) is 10.1. The van der Waals surface area contributed by atoms with Gasteiger partial charge in [0.15, 0.2) is 0 Å². The normalized spacial score (nSPS) is 12.0. The molecule has 0 aliphatic carbocycles. The summed E-state index contributed by atoms with van der Waals surface area (Å²) in [6.45, 7) is 6.55. The number of rotatable bonds is 2. The van der Waals surface area contributed by atoms with Crippen molar-refractivity contribution >= 4 is 5.82 Å². The van der Waals surface area contributed by atoms with Gasteiger partial charge in [0.2, 0.25) is 0 Å². The second-order valence-corrected chi connectivity index (χ2v) is 4.09. The number of nitrogen functional groups attached to an aromatic ring is 1. The number of hydrogen-bond donors (Lipinski definition) is 1. The van der Waals surface area contributed by atoms with E-state index in [9.17, 15) is 0 Å². The number of nitrogens with zero attached hydrogens (tertiary/aromatic N) is 2. The highest BCUT2D eigenvalue weighted by molar-refractivity contribution is 5.29. The van der Waals surface area contributed by atoms with Crippen molar-refractivity contribution in [2.24, 2.45) is 7.05 Å². The predicted molar refractivity (Wildman–Crippen MR) is 52.2 cm³/mol. The quantitative estimate of drug-likeness (QED) is 0.752. The first-order chi connectivity index (χ1) is 5.88. The molecule has 74 valence electrons. The lowest BCUT2D eigenvalue weighted by Crippen LogP contribution is -2.18. The third-order valence-corrected chi connectivity index (χ3v) is 1.62. The summed E-state index contributed by atoms with van der Waals surface area (Å²) >= 11 is 0. The van der Waals surface area contributed by atoms with E-state index >= 15 is 0 Å². The Kier molecular flexibility index (Phi) is 2.61. The molecule has 0 aliphatic rings. The fourth-order valence-corrected chi connectivity index (χ4v) is 0.904. The number of aromatic nitrogens is 2. The molecule has 0 saturated carbocycles. The minimum Gasteiger partial charge on any atom is -0.384 e. The molecular weight excluding hydrogens is 166 g/mol. The molecule has 0 saturated heterocycles. The number of ether oxygens (including phenoxy) is 1. The molecule has 0 aromatic carbocycles. The Morgan fingerprint density at radius 3 is 2.54 bits per heavy atom. The van der Waals surface area contributed by atoms with Crippen molar-refractivity contribution in [1.29, 1.82) is 0 Å². The molecule has 0 amide bonds. The van der Waals surface area contributed by atoms with Crippen LogP contribution in [0.5, 0.6) is 0 Å². The van der Waals surface area contributed by atoms with Crippen LogP contribution in [-0.2, 0) is 18.4 Å². The van der Waals surface area contributed by atoms with E-state index in [1.165, 1.54) is 0 Å². The minimum atomic E-state index is -0.133. The third kappa shape index (κ3) is 3.06. The summed E-state index contributed by atoms with van der Waals surface area (Å²) in [5.74, 6) is 0.660. The van der Waals surface area contributed by atoms with Gasteiger partial charge < -0.3 is 10.5 Å². The maximum absolute atomic E-state index is 5.62. The Hall–Kier alpha value is -1.03. The lowest BCUT2D eigenvalue weighted by molar-refractivity contribution is -0.0166. The summed E-state index contributed by atoms with van der Waals surface area (Å²) in [6.07, 6.45) is 0. The number of aryl methyl sites for hydroxylation is 1. The van der Waals surface area contributed by atoms with Crippen LogP contribution in [0.4, 0.5) is 5.82 Å². The van der Waals surface area contributed by atoms with Crippen LogP contribution in [0.15, 0.2) is 6.07 Å². The summed E-state index contributed by atoms with van der Waals surface area (Å²) in [5.41, 5.74) is 6.36. The molecule has 0 atom stereocenters. The van der Waals surface area contributed by atoms with E-state index in [1.807, 2.05) is 33.9 Å². The van der Waals surface area contributed by atoms with E-state index in [1.54, 1.807) is 4.68 Å². The molecule has 1 aromatic heterocycles. The van der Waals surface area contributed by atoms with Crippen LogP contribution in [0.25, 0.3) is 0 Å². The molecule has 1 rings (SSSR count). The predicted octanol–water partition coefficient (Wildman–Crippen LogP) is 1.32. The van der Waals surface area contributed by atoms with E-state index in [-0.39, 0.29) is 5.60 Å². The second-order valence-electron chi connectivity index (χ2n) is 4.09. The zero-order valence-electron chi connectivity index (χ0n) is 8.66. The lowest BCUT2D eigenvalue weighted by Gasteiger charge is -2.18. The van der Waals surface area contributed by atoms with Crippen molar-refractivity contribution in [2.75, 3.05) is 5.73 Å². The van der Waals surface area contributed by atoms with Crippen LogP contribution in [0, 0.1) is 0 Å². The highest BCUT2D eigenvalue weighted by Crippen LogP contribution is 2.12. The molecule has 13 heavy (non-hydrogen) atoms. The monoisotopic (exact) mass is 183 g/mol. The smallest absolute Gasteiger partial charge is 0.121 e. The molecule has 1 heterocycles. The van der Waals surface area contributed by atoms with Crippen molar-refractivity contribution in [3.05, 3.63) is 11.8 Å². The Labute approximate surface area is 78.7 Å². The van der Waals surface area contributed by atoms with Gasteiger partial charge in [-0.1, -0.05) is 0 Å². The van der Waals surface area contributed by atoms with Gasteiger partial charge in [-0.3, -0.25) is 4.68 Å². The molecule has 0 bridgehead atoms. The van der Waals surface area contributed by atoms with Crippen LogP contribution in [-0.4, -0.2) is 15.4 Å². The van der Waals surface area contributed by atoms with Crippen molar-refractivity contribution in [3.63, 3.8) is 0 Å². The second kappa shape index (κ2) is 3.38. The Balaban J connectivity index is 2.56. The van der Waals surface area contributed by atoms with Gasteiger partial charge in [-0.05, 0) is 20.8 Å². The fraction of sp³-hybridized carbons (Fsp3) is 0.667. The molecule has 0 radical (unpaired) electrons. The molecule has 0 fully saturated rings. The third-order valence-electron chi connectivity index (χ3n) is 1.62. The van der Waals surface area contributed by atoms with Crippen LogP contribution in [0.1, 0.15) is 26.5 Å². The molecule has 1 aromatic rings. The maximum atomic E-state index is 5.62. The van der Waals surface area contributed by atoms with Gasteiger partial charge in [-0.2, -0.15) is 5.10 Å². The van der Waals surface area contributed by atoms with Gasteiger partial charge in [0.1, 0.15) is 5.82 Å². The molecule has 4 heteroatoms.